The Hall–Kier alpha value is -1.28. The first-order valence-corrected chi connectivity index (χ1v) is 6.52. The molecule has 2 unspecified atom stereocenters. The lowest BCUT2D eigenvalue weighted by Gasteiger charge is -2.27. The van der Waals surface area contributed by atoms with Crippen LogP contribution in [-0.4, -0.2) is 13.1 Å². The number of furan rings is 1. The highest BCUT2D eigenvalue weighted by molar-refractivity contribution is 5.77. The van der Waals surface area contributed by atoms with Gasteiger partial charge in [-0.1, -0.05) is 24.6 Å². The zero-order valence-corrected chi connectivity index (χ0v) is 10.3. The number of benzene rings is 1. The van der Waals surface area contributed by atoms with Gasteiger partial charge in [0, 0.05) is 17.3 Å². The number of nitrogens with one attached hydrogen (secondary N) is 1. The van der Waals surface area contributed by atoms with Crippen molar-refractivity contribution in [3.63, 3.8) is 0 Å². The van der Waals surface area contributed by atoms with Gasteiger partial charge in [-0.15, -0.1) is 0 Å². The molecule has 1 aliphatic carbocycles. The van der Waals surface area contributed by atoms with Crippen LogP contribution in [-0.2, 0) is 0 Å². The van der Waals surface area contributed by atoms with E-state index < -0.39 is 0 Å². The summed E-state index contributed by atoms with van der Waals surface area (Å²) < 4.78 is 5.97. The van der Waals surface area contributed by atoms with Crippen molar-refractivity contribution in [1.82, 2.24) is 5.32 Å². The molecule has 1 N–H and O–H groups in total. The summed E-state index contributed by atoms with van der Waals surface area (Å²) in [5.74, 6) is 1.76. The second-order valence-electron chi connectivity index (χ2n) is 5.04. The Morgan fingerprint density at radius 2 is 2.12 bits per heavy atom. The molecule has 1 aliphatic rings. The molecule has 1 saturated carbocycles. The molecular weight excluding hydrogens is 210 g/mol. The van der Waals surface area contributed by atoms with Gasteiger partial charge in [-0.25, -0.2) is 0 Å². The van der Waals surface area contributed by atoms with Gasteiger partial charge in [-0.2, -0.15) is 0 Å². The van der Waals surface area contributed by atoms with Crippen LogP contribution in [0.4, 0.5) is 0 Å². The van der Waals surface area contributed by atoms with Gasteiger partial charge in [0.25, 0.3) is 0 Å². The minimum atomic E-state index is 0.591. The zero-order valence-electron chi connectivity index (χ0n) is 10.3. The van der Waals surface area contributed by atoms with Crippen molar-refractivity contribution in [2.45, 2.75) is 37.6 Å². The molecule has 2 nitrogen and oxygen atoms in total. The molecule has 1 fully saturated rings. The smallest absolute Gasteiger partial charge is 0.134 e. The van der Waals surface area contributed by atoms with E-state index in [1.807, 2.05) is 6.07 Å². The van der Waals surface area contributed by atoms with Crippen molar-refractivity contribution in [3.8, 4) is 0 Å². The van der Waals surface area contributed by atoms with Gasteiger partial charge in [0.2, 0.25) is 0 Å². The van der Waals surface area contributed by atoms with Crippen LogP contribution in [0.2, 0.25) is 0 Å². The van der Waals surface area contributed by atoms with Gasteiger partial charge in [0.1, 0.15) is 11.3 Å². The van der Waals surface area contributed by atoms with Gasteiger partial charge in [-0.3, -0.25) is 0 Å². The largest absolute Gasteiger partial charge is 0.461 e. The third-order valence-corrected chi connectivity index (χ3v) is 3.93. The summed E-state index contributed by atoms with van der Waals surface area (Å²) in [5.41, 5.74) is 1.02. The van der Waals surface area contributed by atoms with Crippen LogP contribution in [0.1, 0.15) is 37.4 Å². The SMILES string of the molecule is CNC1CCCC(c2cc3ccccc3o2)C1. The number of hydrogen-bond acceptors (Lipinski definition) is 2. The molecule has 0 aliphatic heterocycles. The minimum Gasteiger partial charge on any atom is -0.461 e. The van der Waals surface area contributed by atoms with Crippen molar-refractivity contribution in [2.75, 3.05) is 7.05 Å². The maximum atomic E-state index is 5.97. The first kappa shape index (κ1) is 10.8. The summed E-state index contributed by atoms with van der Waals surface area (Å²) in [6.45, 7) is 0. The van der Waals surface area contributed by atoms with Crippen molar-refractivity contribution < 1.29 is 4.42 Å². The molecule has 2 heteroatoms. The predicted molar refractivity (Wildman–Crippen MR) is 70.3 cm³/mol. The van der Waals surface area contributed by atoms with Gasteiger partial charge in [0.15, 0.2) is 0 Å². The molecule has 2 atom stereocenters. The van der Waals surface area contributed by atoms with Crippen LogP contribution < -0.4 is 5.32 Å². The first-order valence-electron chi connectivity index (χ1n) is 6.52. The molecule has 1 heterocycles. The highest BCUT2D eigenvalue weighted by Crippen LogP contribution is 2.35. The van der Waals surface area contributed by atoms with Crippen LogP contribution in [0.15, 0.2) is 34.7 Å². The zero-order chi connectivity index (χ0) is 11.7. The van der Waals surface area contributed by atoms with E-state index in [0.717, 1.165) is 5.58 Å². The molecule has 0 amide bonds. The standard InChI is InChI=1S/C15H19NO/c1-16-13-7-4-6-11(9-13)15-10-12-5-2-3-8-14(12)17-15/h2-3,5,8,10-11,13,16H,4,6-7,9H2,1H3. The van der Waals surface area contributed by atoms with Gasteiger partial charge in [-0.05, 0) is 38.4 Å². The highest BCUT2D eigenvalue weighted by Gasteiger charge is 2.24. The average molecular weight is 229 g/mol. The monoisotopic (exact) mass is 229 g/mol. The third kappa shape index (κ3) is 2.09. The lowest BCUT2D eigenvalue weighted by Crippen LogP contribution is -2.30. The summed E-state index contributed by atoms with van der Waals surface area (Å²) in [6.07, 6.45) is 5.06. The fraction of sp³-hybridized carbons (Fsp3) is 0.467. The first-order chi connectivity index (χ1) is 8.36. The van der Waals surface area contributed by atoms with Gasteiger partial charge < -0.3 is 9.73 Å². The topological polar surface area (TPSA) is 25.2 Å². The second kappa shape index (κ2) is 4.53. The Labute approximate surface area is 102 Å². The molecule has 0 bridgehead atoms. The van der Waals surface area contributed by atoms with E-state index in [0.29, 0.717) is 12.0 Å². The number of fused-ring (bicyclic) bond motifs is 1. The summed E-state index contributed by atoms with van der Waals surface area (Å²) in [4.78, 5) is 0. The molecule has 1 aromatic carbocycles. The highest BCUT2D eigenvalue weighted by atomic mass is 16.3. The van der Waals surface area contributed by atoms with E-state index >= 15 is 0 Å². The number of rotatable bonds is 2. The normalized spacial score (nSPS) is 25.2. The fourth-order valence-corrected chi connectivity index (χ4v) is 2.91. The summed E-state index contributed by atoms with van der Waals surface area (Å²) in [5, 5.41) is 4.63. The van der Waals surface area contributed by atoms with Gasteiger partial charge in [0.05, 0.1) is 0 Å². The Bertz CT molecular complexity index is 469. The maximum Gasteiger partial charge on any atom is 0.134 e. The molecule has 0 saturated heterocycles. The van der Waals surface area contributed by atoms with E-state index in [1.54, 1.807) is 0 Å². The Morgan fingerprint density at radius 1 is 1.24 bits per heavy atom. The van der Waals surface area contributed by atoms with Crippen molar-refractivity contribution in [3.05, 3.63) is 36.1 Å². The third-order valence-electron chi connectivity index (χ3n) is 3.93. The fourth-order valence-electron chi connectivity index (χ4n) is 2.91. The number of para-hydroxylation sites is 1. The minimum absolute atomic E-state index is 0.591. The van der Waals surface area contributed by atoms with Crippen molar-refractivity contribution in [1.29, 1.82) is 0 Å². The quantitative estimate of drug-likeness (QED) is 0.849. The Kier molecular flexibility index (Phi) is 2.89. The molecule has 3 rings (SSSR count). The van der Waals surface area contributed by atoms with Crippen LogP contribution in [0.5, 0.6) is 0 Å². The maximum absolute atomic E-state index is 5.97. The molecule has 2 aromatic rings. The summed E-state index contributed by atoms with van der Waals surface area (Å²) in [6, 6.07) is 11.2. The molecule has 0 spiro atoms. The molecular formula is C15H19NO. The van der Waals surface area contributed by atoms with Crippen molar-refractivity contribution >= 4 is 11.0 Å². The Morgan fingerprint density at radius 3 is 2.94 bits per heavy atom. The van der Waals surface area contributed by atoms with E-state index in [2.05, 4.69) is 36.6 Å². The molecule has 90 valence electrons. The second-order valence-corrected chi connectivity index (χ2v) is 5.04. The van der Waals surface area contributed by atoms with Gasteiger partial charge >= 0.3 is 0 Å². The lowest BCUT2D eigenvalue weighted by molar-refractivity contribution is 0.325. The van der Waals surface area contributed by atoms with E-state index in [4.69, 9.17) is 4.42 Å². The Balaban J connectivity index is 1.87. The molecule has 17 heavy (non-hydrogen) atoms. The van der Waals surface area contributed by atoms with Crippen LogP contribution >= 0.6 is 0 Å². The van der Waals surface area contributed by atoms with Crippen molar-refractivity contribution in [2.24, 2.45) is 0 Å². The molecule has 0 radical (unpaired) electrons. The van der Waals surface area contributed by atoms with E-state index in [9.17, 15) is 0 Å². The summed E-state index contributed by atoms with van der Waals surface area (Å²) >= 11 is 0. The van der Waals surface area contributed by atoms with Crippen LogP contribution in [0.3, 0.4) is 0 Å². The lowest BCUT2D eigenvalue weighted by atomic mass is 9.84. The van der Waals surface area contributed by atoms with Crippen LogP contribution in [0, 0.1) is 0 Å². The average Bonchev–Trinajstić information content (AvgIpc) is 2.82. The van der Waals surface area contributed by atoms with E-state index in [-0.39, 0.29) is 0 Å². The predicted octanol–water partition coefficient (Wildman–Crippen LogP) is 3.68. The van der Waals surface area contributed by atoms with Crippen LogP contribution in [0.25, 0.3) is 11.0 Å². The van der Waals surface area contributed by atoms with E-state index in [1.165, 1.54) is 36.8 Å². The molecule has 1 aromatic heterocycles. The summed E-state index contributed by atoms with van der Waals surface area (Å²) in [7, 11) is 2.06. The number of hydrogen-bond donors (Lipinski definition) is 1.